The smallest absolute Gasteiger partial charge is 0.273 e. The highest BCUT2D eigenvalue weighted by molar-refractivity contribution is 5.92. The van der Waals surface area contributed by atoms with E-state index in [1.807, 2.05) is 0 Å². The van der Waals surface area contributed by atoms with Crippen LogP contribution in [0.15, 0.2) is 33.4 Å². The van der Waals surface area contributed by atoms with Gasteiger partial charge in [-0.2, -0.15) is 0 Å². The molecule has 0 unspecified atom stereocenters. The van der Waals surface area contributed by atoms with Crippen molar-refractivity contribution >= 4 is 5.91 Å². The third-order valence-electron chi connectivity index (χ3n) is 3.58. The molecule has 20 heavy (non-hydrogen) atoms. The number of hydrogen-bond acceptors (Lipinski definition) is 5. The van der Waals surface area contributed by atoms with Gasteiger partial charge in [-0.1, -0.05) is 5.16 Å². The average molecular weight is 276 g/mol. The molecule has 1 fully saturated rings. The molecule has 0 radical (unpaired) electrons. The number of nitrogens with zero attached hydrogens (tertiary/aromatic N) is 1. The number of aryl methyl sites for hydroxylation is 1. The summed E-state index contributed by atoms with van der Waals surface area (Å²) in [6, 6.07) is 5.01. The van der Waals surface area contributed by atoms with Gasteiger partial charge in [0.15, 0.2) is 5.69 Å². The zero-order valence-electron chi connectivity index (χ0n) is 11.1. The summed E-state index contributed by atoms with van der Waals surface area (Å²) in [6.07, 6.45) is 3.37. The summed E-state index contributed by atoms with van der Waals surface area (Å²) >= 11 is 0. The first kappa shape index (κ1) is 12.9. The molecule has 0 aliphatic heterocycles. The number of nitrogens with one attached hydrogen (secondary N) is 1. The van der Waals surface area contributed by atoms with Crippen molar-refractivity contribution in [3.63, 3.8) is 0 Å². The first-order chi connectivity index (χ1) is 9.59. The highest BCUT2D eigenvalue weighted by Crippen LogP contribution is 2.45. The predicted molar refractivity (Wildman–Crippen MR) is 68.9 cm³/mol. The van der Waals surface area contributed by atoms with Crippen molar-refractivity contribution in [2.75, 3.05) is 6.54 Å². The second-order valence-electron chi connectivity index (χ2n) is 5.18. The summed E-state index contributed by atoms with van der Waals surface area (Å²) in [4.78, 5) is 11.9. The van der Waals surface area contributed by atoms with Gasteiger partial charge in [-0.15, -0.1) is 0 Å². The topological polar surface area (TPSA) is 88.5 Å². The van der Waals surface area contributed by atoms with Gasteiger partial charge < -0.3 is 19.4 Å². The van der Waals surface area contributed by atoms with Gasteiger partial charge in [0.05, 0.1) is 12.8 Å². The van der Waals surface area contributed by atoms with Crippen LogP contribution in [0.25, 0.3) is 0 Å². The van der Waals surface area contributed by atoms with Crippen LogP contribution in [0.4, 0.5) is 0 Å². The quantitative estimate of drug-likeness (QED) is 0.866. The van der Waals surface area contributed by atoms with E-state index >= 15 is 0 Å². The van der Waals surface area contributed by atoms with Gasteiger partial charge in [-0.05, 0) is 37.8 Å². The fourth-order valence-electron chi connectivity index (χ4n) is 2.30. The van der Waals surface area contributed by atoms with Crippen LogP contribution in [0, 0.1) is 12.8 Å². The van der Waals surface area contributed by atoms with E-state index in [9.17, 15) is 9.90 Å². The standard InChI is InChI=1S/C14H16N2O4/c1-9-7-11(16-20-9)13(17)15-8-14(18,10-4-5-10)12-3-2-6-19-12/h2-3,6-7,10,18H,4-5,8H2,1H3,(H,15,17)/t14-/m0/s1. The first-order valence-corrected chi connectivity index (χ1v) is 6.57. The fourth-order valence-corrected chi connectivity index (χ4v) is 2.30. The Hall–Kier alpha value is -2.08. The second kappa shape index (κ2) is 4.79. The summed E-state index contributed by atoms with van der Waals surface area (Å²) in [7, 11) is 0. The molecular formula is C14H16N2O4. The molecule has 0 saturated heterocycles. The number of carbonyl (C=O) groups is 1. The number of carbonyl (C=O) groups excluding carboxylic acids is 1. The number of furan rings is 1. The van der Waals surface area contributed by atoms with E-state index in [2.05, 4.69) is 10.5 Å². The zero-order valence-corrected chi connectivity index (χ0v) is 11.1. The van der Waals surface area contributed by atoms with Crippen LogP contribution in [0.1, 0.15) is 34.9 Å². The van der Waals surface area contributed by atoms with E-state index in [0.717, 1.165) is 12.8 Å². The van der Waals surface area contributed by atoms with Crippen molar-refractivity contribution < 1.29 is 18.8 Å². The van der Waals surface area contributed by atoms with E-state index < -0.39 is 5.60 Å². The van der Waals surface area contributed by atoms with Crippen molar-refractivity contribution in [1.82, 2.24) is 10.5 Å². The largest absolute Gasteiger partial charge is 0.466 e. The van der Waals surface area contributed by atoms with Gasteiger partial charge in [0, 0.05) is 6.07 Å². The van der Waals surface area contributed by atoms with Crippen molar-refractivity contribution in [2.45, 2.75) is 25.4 Å². The van der Waals surface area contributed by atoms with E-state index in [4.69, 9.17) is 8.94 Å². The minimum Gasteiger partial charge on any atom is -0.466 e. The lowest BCUT2D eigenvalue weighted by atomic mass is 9.94. The van der Waals surface area contributed by atoms with Crippen molar-refractivity contribution in [1.29, 1.82) is 0 Å². The minimum absolute atomic E-state index is 0.0932. The summed E-state index contributed by atoms with van der Waals surface area (Å²) in [5, 5.41) is 17.1. The Bertz CT molecular complexity index is 600. The number of amides is 1. The summed E-state index contributed by atoms with van der Waals surface area (Å²) < 4.78 is 10.2. The van der Waals surface area contributed by atoms with Crippen LogP contribution < -0.4 is 5.32 Å². The number of hydrogen-bond donors (Lipinski definition) is 2. The molecule has 0 spiro atoms. The molecular weight excluding hydrogens is 260 g/mol. The summed E-state index contributed by atoms with van der Waals surface area (Å²) in [5.74, 6) is 0.802. The van der Waals surface area contributed by atoms with Gasteiger partial charge in [0.1, 0.15) is 17.1 Å². The second-order valence-corrected chi connectivity index (χ2v) is 5.18. The maximum atomic E-state index is 11.9. The SMILES string of the molecule is Cc1cc(C(=O)NC[C@@](O)(c2ccco2)C2CC2)no1. The third-order valence-corrected chi connectivity index (χ3v) is 3.58. The molecule has 3 rings (SSSR count). The molecule has 2 aromatic heterocycles. The lowest BCUT2D eigenvalue weighted by Crippen LogP contribution is -2.42. The van der Waals surface area contributed by atoms with E-state index in [0.29, 0.717) is 11.5 Å². The van der Waals surface area contributed by atoms with Crippen LogP contribution in [0.2, 0.25) is 0 Å². The predicted octanol–water partition coefficient (Wildman–Crippen LogP) is 1.60. The number of aromatic nitrogens is 1. The highest BCUT2D eigenvalue weighted by Gasteiger charge is 2.47. The van der Waals surface area contributed by atoms with Crippen molar-refractivity contribution in [3.8, 4) is 0 Å². The first-order valence-electron chi connectivity index (χ1n) is 6.57. The molecule has 1 aliphatic carbocycles. The minimum atomic E-state index is -1.15. The molecule has 1 saturated carbocycles. The Morgan fingerprint density at radius 3 is 2.95 bits per heavy atom. The Morgan fingerprint density at radius 2 is 2.40 bits per heavy atom. The maximum Gasteiger partial charge on any atom is 0.273 e. The van der Waals surface area contributed by atoms with Crippen LogP contribution in [0.5, 0.6) is 0 Å². The molecule has 2 N–H and O–H groups in total. The molecule has 2 heterocycles. The number of rotatable bonds is 5. The van der Waals surface area contributed by atoms with Gasteiger partial charge in [-0.3, -0.25) is 4.79 Å². The maximum absolute atomic E-state index is 11.9. The van der Waals surface area contributed by atoms with Crippen LogP contribution in [-0.2, 0) is 5.60 Å². The normalized spacial score (nSPS) is 17.7. The van der Waals surface area contributed by atoms with Crippen molar-refractivity contribution in [2.24, 2.45) is 5.92 Å². The van der Waals surface area contributed by atoms with Crippen molar-refractivity contribution in [3.05, 3.63) is 41.7 Å². The van der Waals surface area contributed by atoms with E-state index in [-0.39, 0.29) is 24.1 Å². The third kappa shape index (κ3) is 2.34. The molecule has 0 bridgehead atoms. The Balaban J connectivity index is 1.70. The van der Waals surface area contributed by atoms with Gasteiger partial charge >= 0.3 is 0 Å². The molecule has 1 aliphatic rings. The highest BCUT2D eigenvalue weighted by atomic mass is 16.5. The molecule has 1 amide bonds. The molecule has 106 valence electrons. The molecule has 6 heteroatoms. The Labute approximate surface area is 115 Å². The van der Waals surface area contributed by atoms with Gasteiger partial charge in [0.25, 0.3) is 5.91 Å². The van der Waals surface area contributed by atoms with E-state index in [1.165, 1.54) is 6.26 Å². The average Bonchev–Trinajstić information content (AvgIpc) is 2.98. The molecule has 2 aromatic rings. The molecule has 0 aromatic carbocycles. The Kier molecular flexibility index (Phi) is 3.10. The Morgan fingerprint density at radius 1 is 1.60 bits per heavy atom. The lowest BCUT2D eigenvalue weighted by Gasteiger charge is -2.26. The lowest BCUT2D eigenvalue weighted by molar-refractivity contribution is -0.00617. The molecule has 1 atom stereocenters. The number of aliphatic hydroxyl groups is 1. The van der Waals surface area contributed by atoms with Crippen LogP contribution in [0.3, 0.4) is 0 Å². The molecule has 6 nitrogen and oxygen atoms in total. The summed E-state index contributed by atoms with van der Waals surface area (Å²) in [5.41, 5.74) is -0.946. The van der Waals surface area contributed by atoms with Crippen LogP contribution in [-0.4, -0.2) is 22.7 Å². The monoisotopic (exact) mass is 276 g/mol. The fraction of sp³-hybridized carbons (Fsp3) is 0.429. The van der Waals surface area contributed by atoms with Gasteiger partial charge in [-0.25, -0.2) is 0 Å². The zero-order chi connectivity index (χ0) is 14.2. The van der Waals surface area contributed by atoms with E-state index in [1.54, 1.807) is 25.1 Å². The summed E-state index contributed by atoms with van der Waals surface area (Å²) in [6.45, 7) is 1.81. The van der Waals surface area contributed by atoms with Crippen LogP contribution >= 0.6 is 0 Å². The van der Waals surface area contributed by atoms with Gasteiger partial charge in [0.2, 0.25) is 0 Å².